The van der Waals surface area contributed by atoms with Crippen LogP contribution in [0.3, 0.4) is 0 Å². The summed E-state index contributed by atoms with van der Waals surface area (Å²) in [5.41, 5.74) is 5.66. The van der Waals surface area contributed by atoms with Crippen molar-refractivity contribution < 1.29 is 9.90 Å². The van der Waals surface area contributed by atoms with Crippen molar-refractivity contribution >= 4 is 6.29 Å². The van der Waals surface area contributed by atoms with E-state index in [4.69, 9.17) is 5.11 Å². The van der Waals surface area contributed by atoms with E-state index in [1.807, 2.05) is 0 Å². The zero-order valence-corrected chi connectivity index (χ0v) is 22.7. The van der Waals surface area contributed by atoms with E-state index in [2.05, 4.69) is 80.2 Å². The summed E-state index contributed by atoms with van der Waals surface area (Å²) in [5.74, 6) is 1.97. The van der Waals surface area contributed by atoms with Crippen molar-refractivity contribution in [1.29, 1.82) is 0 Å². The molecule has 0 aliphatic heterocycles. The molecule has 32 heavy (non-hydrogen) atoms. The summed E-state index contributed by atoms with van der Waals surface area (Å²) in [6.07, 6.45) is 17.9. The predicted molar refractivity (Wildman–Crippen MR) is 144 cm³/mol. The molecule has 0 amide bonds. The Morgan fingerprint density at radius 1 is 1.03 bits per heavy atom. The van der Waals surface area contributed by atoms with E-state index in [1.165, 1.54) is 42.4 Å². The first kappa shape index (κ1) is 32.8. The van der Waals surface area contributed by atoms with Gasteiger partial charge in [-0.25, -0.2) is 0 Å². The number of aldehydes is 1. The lowest BCUT2D eigenvalue weighted by Gasteiger charge is -2.19. The Morgan fingerprint density at radius 3 is 1.94 bits per heavy atom. The van der Waals surface area contributed by atoms with Crippen LogP contribution < -0.4 is 0 Å². The van der Waals surface area contributed by atoms with Crippen molar-refractivity contribution in [2.24, 2.45) is 17.8 Å². The van der Waals surface area contributed by atoms with Gasteiger partial charge >= 0.3 is 0 Å². The maximum absolute atomic E-state index is 10.1. The third-order valence-corrected chi connectivity index (χ3v) is 5.88. The fourth-order valence-electron chi connectivity index (χ4n) is 3.37. The number of rotatable bonds is 11. The second kappa shape index (κ2) is 21.4. The second-order valence-corrected chi connectivity index (χ2v) is 10.2. The molecule has 1 aliphatic carbocycles. The monoisotopic (exact) mass is 446 g/mol. The summed E-state index contributed by atoms with van der Waals surface area (Å²) in [6.45, 7) is 21.4. The number of carbonyl (C=O) groups excluding carboxylic acids is 1. The average Bonchev–Trinajstić information content (AvgIpc) is 2.69. The first-order valence-electron chi connectivity index (χ1n) is 12.7. The maximum Gasteiger partial charge on any atom is 0.120 e. The van der Waals surface area contributed by atoms with E-state index in [9.17, 15) is 4.79 Å². The zero-order valence-electron chi connectivity index (χ0n) is 22.7. The first-order valence-corrected chi connectivity index (χ1v) is 12.7. The summed E-state index contributed by atoms with van der Waals surface area (Å²) in [5, 5.41) is 8.63. The Hall–Kier alpha value is -1.41. The second-order valence-electron chi connectivity index (χ2n) is 10.2. The smallest absolute Gasteiger partial charge is 0.120 e. The van der Waals surface area contributed by atoms with Crippen LogP contribution in [0.5, 0.6) is 0 Å². The normalized spacial score (nSPS) is 16.7. The van der Waals surface area contributed by atoms with E-state index in [-0.39, 0.29) is 0 Å². The van der Waals surface area contributed by atoms with Gasteiger partial charge in [0.05, 0.1) is 0 Å². The molecule has 1 N–H and O–H groups in total. The first-order chi connectivity index (χ1) is 15.0. The van der Waals surface area contributed by atoms with Crippen molar-refractivity contribution in [2.45, 2.75) is 113 Å². The van der Waals surface area contributed by atoms with Crippen LogP contribution in [0.15, 0.2) is 47.1 Å². The fourth-order valence-corrected chi connectivity index (χ4v) is 3.37. The van der Waals surface area contributed by atoms with E-state index in [0.29, 0.717) is 24.9 Å². The van der Waals surface area contributed by atoms with E-state index < -0.39 is 0 Å². The van der Waals surface area contributed by atoms with Crippen molar-refractivity contribution in [2.75, 3.05) is 6.61 Å². The number of aliphatic hydroxyl groups is 1. The topological polar surface area (TPSA) is 37.3 Å². The minimum absolute atomic E-state index is 0.329. The predicted octanol–water partition coefficient (Wildman–Crippen LogP) is 9.02. The molecule has 186 valence electrons. The summed E-state index contributed by atoms with van der Waals surface area (Å²) in [6, 6.07) is 0. The Labute approximate surface area is 201 Å². The number of allylic oxidation sites excluding steroid dienone is 7. The van der Waals surface area contributed by atoms with Gasteiger partial charge in [-0.05, 0) is 111 Å². The van der Waals surface area contributed by atoms with Crippen LogP contribution in [-0.4, -0.2) is 18.0 Å². The molecule has 1 aliphatic rings. The fraction of sp³-hybridized carbons (Fsp3) is 0.700. The van der Waals surface area contributed by atoms with Gasteiger partial charge in [0, 0.05) is 13.0 Å². The van der Waals surface area contributed by atoms with Crippen LogP contribution in [0.4, 0.5) is 0 Å². The molecular formula is C30H54O2. The Bertz CT molecular complexity index is 572. The molecule has 0 saturated carbocycles. The summed E-state index contributed by atoms with van der Waals surface area (Å²) in [4.78, 5) is 10.1. The lowest BCUT2D eigenvalue weighted by atomic mass is 9.86. The highest BCUT2D eigenvalue weighted by Crippen LogP contribution is 2.27. The van der Waals surface area contributed by atoms with Gasteiger partial charge in [-0.1, -0.05) is 60.9 Å². The van der Waals surface area contributed by atoms with E-state index in [1.54, 1.807) is 5.57 Å². The Morgan fingerprint density at radius 2 is 1.56 bits per heavy atom. The molecule has 0 bridgehead atoms. The molecule has 1 rings (SSSR count). The molecule has 0 aromatic carbocycles. The molecule has 0 spiro atoms. The average molecular weight is 447 g/mol. The molecule has 3 atom stereocenters. The summed E-state index contributed by atoms with van der Waals surface area (Å²) >= 11 is 0. The molecule has 0 fully saturated rings. The van der Waals surface area contributed by atoms with Crippen LogP contribution in [0.1, 0.15) is 113 Å². The van der Waals surface area contributed by atoms with Crippen molar-refractivity contribution in [3.8, 4) is 0 Å². The number of carbonyl (C=O) groups is 1. The van der Waals surface area contributed by atoms with Crippen LogP contribution in [0, 0.1) is 17.8 Å². The van der Waals surface area contributed by atoms with Crippen LogP contribution in [-0.2, 0) is 4.79 Å². The lowest BCUT2D eigenvalue weighted by molar-refractivity contribution is -0.108. The lowest BCUT2D eigenvalue weighted by Crippen LogP contribution is -2.04. The third kappa shape index (κ3) is 23.3. The quantitative estimate of drug-likeness (QED) is 0.254. The summed E-state index contributed by atoms with van der Waals surface area (Å²) < 4.78 is 0. The maximum atomic E-state index is 10.1. The van der Waals surface area contributed by atoms with Crippen LogP contribution >= 0.6 is 0 Å². The van der Waals surface area contributed by atoms with Crippen molar-refractivity contribution in [1.82, 2.24) is 0 Å². The molecule has 2 unspecified atom stereocenters. The number of hydrogen-bond acceptors (Lipinski definition) is 2. The summed E-state index contributed by atoms with van der Waals surface area (Å²) in [7, 11) is 0. The van der Waals surface area contributed by atoms with Crippen LogP contribution in [0.25, 0.3) is 0 Å². The standard InChI is InChI=1S/C10H20O.C10H18O.C10H16/c2*1-9(2)5-4-6-10(3)7-8-11;1-8(2)10-6-4-9(3)5-7-10/h5,10-11H,4,6-8H2,1-3H3;5,8,10H,4,6-7H2,1-3H3;4,10H,1,5-7H2,2-3H3/t;10-;/m.1./s1. The minimum atomic E-state index is 0.329. The molecule has 0 aromatic rings. The SMILES string of the molecule is C=C(C)C1CC=C(C)CC1.CC(C)=CCCC(C)CCO.CC(C)=CCC[C@@H](C)CC=O. The largest absolute Gasteiger partial charge is 0.396 e. The number of hydrogen-bond donors (Lipinski definition) is 1. The minimum Gasteiger partial charge on any atom is -0.396 e. The molecule has 0 radical (unpaired) electrons. The molecule has 2 nitrogen and oxygen atoms in total. The van der Waals surface area contributed by atoms with Crippen molar-refractivity contribution in [3.63, 3.8) is 0 Å². The van der Waals surface area contributed by atoms with Gasteiger partial charge in [-0.15, -0.1) is 0 Å². The highest BCUT2D eigenvalue weighted by Gasteiger charge is 2.11. The molecular weight excluding hydrogens is 392 g/mol. The highest BCUT2D eigenvalue weighted by atomic mass is 16.3. The van der Waals surface area contributed by atoms with E-state index >= 15 is 0 Å². The van der Waals surface area contributed by atoms with E-state index in [0.717, 1.165) is 37.9 Å². The molecule has 0 saturated heterocycles. The van der Waals surface area contributed by atoms with Gasteiger partial charge in [0.25, 0.3) is 0 Å². The van der Waals surface area contributed by atoms with Gasteiger partial charge in [0.1, 0.15) is 6.29 Å². The van der Waals surface area contributed by atoms with Crippen LogP contribution in [0.2, 0.25) is 0 Å². The molecule has 0 aromatic heterocycles. The zero-order chi connectivity index (χ0) is 24.9. The Kier molecular flexibility index (Phi) is 22.0. The van der Waals surface area contributed by atoms with Gasteiger partial charge in [-0.2, -0.15) is 0 Å². The van der Waals surface area contributed by atoms with Crippen molar-refractivity contribution in [3.05, 3.63) is 47.1 Å². The highest BCUT2D eigenvalue weighted by molar-refractivity contribution is 5.49. The molecule has 2 heteroatoms. The van der Waals surface area contributed by atoms with Gasteiger partial charge < -0.3 is 9.90 Å². The third-order valence-electron chi connectivity index (χ3n) is 5.88. The molecule has 0 heterocycles. The van der Waals surface area contributed by atoms with Gasteiger partial charge in [-0.3, -0.25) is 0 Å². The van der Waals surface area contributed by atoms with Gasteiger partial charge in [0.2, 0.25) is 0 Å². The van der Waals surface area contributed by atoms with Gasteiger partial charge in [0.15, 0.2) is 0 Å². The number of aliphatic hydroxyl groups excluding tert-OH is 1. The Balaban J connectivity index is 0.